The Bertz CT molecular complexity index is 499. The number of hydrogen-bond acceptors (Lipinski definition) is 2. The minimum Gasteiger partial charge on any atom is -0.354 e. The third kappa shape index (κ3) is 3.10. The molecule has 0 bridgehead atoms. The number of amides is 1. The van der Waals surface area contributed by atoms with Crippen LogP contribution in [0.4, 0.5) is 4.39 Å². The lowest BCUT2D eigenvalue weighted by Gasteiger charge is -2.45. The van der Waals surface area contributed by atoms with E-state index >= 15 is 0 Å². The van der Waals surface area contributed by atoms with Crippen molar-refractivity contribution in [3.05, 3.63) is 35.9 Å². The van der Waals surface area contributed by atoms with Crippen LogP contribution >= 0.6 is 0 Å². The van der Waals surface area contributed by atoms with Gasteiger partial charge in [0.05, 0.1) is 0 Å². The average molecular weight is 290 g/mol. The van der Waals surface area contributed by atoms with Gasteiger partial charge in [0, 0.05) is 25.0 Å². The Morgan fingerprint density at radius 3 is 2.71 bits per heavy atom. The van der Waals surface area contributed by atoms with Crippen LogP contribution in [0.25, 0.3) is 0 Å². The highest BCUT2D eigenvalue weighted by atomic mass is 19.1. The number of hydrogen-bond donors (Lipinski definition) is 2. The maximum absolute atomic E-state index is 13.0. The van der Waals surface area contributed by atoms with Crippen LogP contribution in [0.3, 0.4) is 0 Å². The van der Waals surface area contributed by atoms with E-state index in [9.17, 15) is 9.18 Å². The minimum atomic E-state index is -0.767. The molecule has 0 spiro atoms. The van der Waals surface area contributed by atoms with Crippen LogP contribution in [-0.4, -0.2) is 31.2 Å². The molecule has 2 atom stereocenters. The first-order chi connectivity index (χ1) is 10.1. The summed E-state index contributed by atoms with van der Waals surface area (Å²) in [6.07, 6.45) is 1.53. The number of benzene rings is 1. The van der Waals surface area contributed by atoms with E-state index in [0.717, 1.165) is 12.8 Å². The van der Waals surface area contributed by atoms with Crippen molar-refractivity contribution in [2.75, 3.05) is 13.1 Å². The molecule has 1 saturated carbocycles. The van der Waals surface area contributed by atoms with Crippen molar-refractivity contribution in [2.45, 2.75) is 43.8 Å². The number of rotatable bonds is 4. The molecule has 2 fully saturated rings. The summed E-state index contributed by atoms with van der Waals surface area (Å²) in [5.74, 6) is 0.213. The van der Waals surface area contributed by atoms with E-state index in [2.05, 4.69) is 29.7 Å². The van der Waals surface area contributed by atoms with Crippen molar-refractivity contribution in [3.63, 3.8) is 0 Å². The van der Waals surface area contributed by atoms with Crippen molar-refractivity contribution in [1.29, 1.82) is 0 Å². The van der Waals surface area contributed by atoms with E-state index in [1.165, 1.54) is 5.56 Å². The van der Waals surface area contributed by atoms with Crippen LogP contribution in [0.2, 0.25) is 0 Å². The van der Waals surface area contributed by atoms with Crippen molar-refractivity contribution >= 4 is 5.91 Å². The molecule has 0 unspecified atom stereocenters. The standard InChI is InChI=1S/C17H23FN2O/c1-17(13-5-3-2-4-6-13)8-12(9-17)16(21)20-11-15-7-14(18)10-19-15/h2-6,12,14-15,19H,7-11H2,1H3,(H,20,21)/t12?,14-,15-,17?/m0/s1. The molecule has 1 aromatic rings. The van der Waals surface area contributed by atoms with Crippen LogP contribution in [-0.2, 0) is 10.2 Å². The highest BCUT2D eigenvalue weighted by molar-refractivity contribution is 5.80. The van der Waals surface area contributed by atoms with Gasteiger partial charge in [-0.1, -0.05) is 37.3 Å². The first-order valence-electron chi connectivity index (χ1n) is 7.77. The van der Waals surface area contributed by atoms with Crippen LogP contribution in [0.15, 0.2) is 30.3 Å². The molecule has 114 valence electrons. The van der Waals surface area contributed by atoms with E-state index in [-0.39, 0.29) is 23.3 Å². The number of halogens is 1. The van der Waals surface area contributed by atoms with E-state index in [4.69, 9.17) is 0 Å². The third-order valence-corrected chi connectivity index (χ3v) is 4.93. The fourth-order valence-electron chi connectivity index (χ4n) is 3.58. The molecule has 1 saturated heterocycles. The first kappa shape index (κ1) is 14.5. The van der Waals surface area contributed by atoms with Gasteiger partial charge in [-0.15, -0.1) is 0 Å². The Balaban J connectivity index is 1.46. The monoisotopic (exact) mass is 290 g/mol. The molecule has 1 aromatic carbocycles. The summed E-state index contributed by atoms with van der Waals surface area (Å²) < 4.78 is 13.0. The van der Waals surface area contributed by atoms with Crippen LogP contribution in [0.5, 0.6) is 0 Å². The molecule has 4 heteroatoms. The minimum absolute atomic E-state index is 0.0875. The van der Waals surface area contributed by atoms with Crippen molar-refractivity contribution in [2.24, 2.45) is 5.92 Å². The molecule has 1 amide bonds. The fourth-order valence-corrected chi connectivity index (χ4v) is 3.58. The zero-order valence-corrected chi connectivity index (χ0v) is 12.4. The van der Waals surface area contributed by atoms with Gasteiger partial charge in [0.25, 0.3) is 0 Å². The van der Waals surface area contributed by atoms with Gasteiger partial charge in [-0.2, -0.15) is 0 Å². The maximum Gasteiger partial charge on any atom is 0.223 e. The van der Waals surface area contributed by atoms with Crippen molar-refractivity contribution in [1.82, 2.24) is 10.6 Å². The molecule has 0 radical (unpaired) electrons. The van der Waals surface area contributed by atoms with E-state index in [1.807, 2.05) is 18.2 Å². The van der Waals surface area contributed by atoms with Crippen LogP contribution in [0.1, 0.15) is 31.7 Å². The molecule has 1 heterocycles. The van der Waals surface area contributed by atoms with Gasteiger partial charge < -0.3 is 10.6 Å². The smallest absolute Gasteiger partial charge is 0.223 e. The quantitative estimate of drug-likeness (QED) is 0.892. The molecular formula is C17H23FN2O. The van der Waals surface area contributed by atoms with Crippen LogP contribution in [0, 0.1) is 5.92 Å². The fraction of sp³-hybridized carbons (Fsp3) is 0.588. The zero-order valence-electron chi connectivity index (χ0n) is 12.4. The highest BCUT2D eigenvalue weighted by Gasteiger charge is 2.44. The number of carbonyl (C=O) groups excluding carboxylic acids is 1. The largest absolute Gasteiger partial charge is 0.354 e. The lowest BCUT2D eigenvalue weighted by atomic mass is 9.59. The van der Waals surface area contributed by atoms with Gasteiger partial charge in [0.1, 0.15) is 6.17 Å². The Morgan fingerprint density at radius 2 is 2.10 bits per heavy atom. The Kier molecular flexibility index (Phi) is 3.98. The summed E-state index contributed by atoms with van der Waals surface area (Å²) in [6.45, 7) is 3.17. The second-order valence-electron chi connectivity index (χ2n) is 6.72. The summed E-state index contributed by atoms with van der Waals surface area (Å²) in [4.78, 5) is 12.2. The molecule has 1 aliphatic heterocycles. The van der Waals surface area contributed by atoms with Crippen molar-refractivity contribution in [3.8, 4) is 0 Å². The van der Waals surface area contributed by atoms with E-state index in [1.54, 1.807) is 0 Å². The van der Waals surface area contributed by atoms with Gasteiger partial charge in [-0.25, -0.2) is 4.39 Å². The highest BCUT2D eigenvalue weighted by Crippen LogP contribution is 2.47. The zero-order chi connectivity index (χ0) is 14.9. The summed E-state index contributed by atoms with van der Waals surface area (Å²) in [5, 5.41) is 6.06. The number of nitrogens with one attached hydrogen (secondary N) is 2. The Hall–Kier alpha value is -1.42. The number of alkyl halides is 1. The summed E-state index contributed by atoms with van der Waals surface area (Å²) in [6, 6.07) is 10.5. The molecule has 3 nitrogen and oxygen atoms in total. The second-order valence-corrected chi connectivity index (χ2v) is 6.72. The van der Waals surface area contributed by atoms with Gasteiger partial charge in [-0.3, -0.25) is 4.79 Å². The van der Waals surface area contributed by atoms with Crippen LogP contribution < -0.4 is 10.6 Å². The number of carbonyl (C=O) groups is 1. The topological polar surface area (TPSA) is 41.1 Å². The van der Waals surface area contributed by atoms with E-state index in [0.29, 0.717) is 19.5 Å². The third-order valence-electron chi connectivity index (χ3n) is 4.93. The van der Waals surface area contributed by atoms with Crippen molar-refractivity contribution < 1.29 is 9.18 Å². The summed E-state index contributed by atoms with van der Waals surface area (Å²) in [5.41, 5.74) is 1.44. The molecule has 3 rings (SSSR count). The van der Waals surface area contributed by atoms with Gasteiger partial charge in [0.15, 0.2) is 0 Å². The first-order valence-corrected chi connectivity index (χ1v) is 7.77. The molecule has 1 aliphatic carbocycles. The second kappa shape index (κ2) is 5.76. The lowest BCUT2D eigenvalue weighted by molar-refractivity contribution is -0.129. The molecule has 0 aromatic heterocycles. The predicted octanol–water partition coefficient (Wildman–Crippen LogP) is 2.17. The molecular weight excluding hydrogens is 267 g/mol. The Morgan fingerprint density at radius 1 is 1.38 bits per heavy atom. The molecule has 2 N–H and O–H groups in total. The van der Waals surface area contributed by atoms with Gasteiger partial charge in [-0.05, 0) is 30.2 Å². The molecule has 21 heavy (non-hydrogen) atoms. The lowest BCUT2D eigenvalue weighted by Crippen LogP contribution is -2.48. The normalized spacial score (nSPS) is 35.2. The maximum atomic E-state index is 13.0. The van der Waals surface area contributed by atoms with Gasteiger partial charge in [0.2, 0.25) is 5.91 Å². The summed E-state index contributed by atoms with van der Waals surface area (Å²) in [7, 11) is 0. The molecule has 2 aliphatic rings. The Labute approximate surface area is 125 Å². The SMILES string of the molecule is CC1(c2ccccc2)CC(C(=O)NC[C@@H]2C[C@H](F)CN2)C1. The summed E-state index contributed by atoms with van der Waals surface area (Å²) >= 11 is 0. The van der Waals surface area contributed by atoms with E-state index < -0.39 is 6.17 Å². The average Bonchev–Trinajstić information content (AvgIpc) is 2.88. The predicted molar refractivity (Wildman–Crippen MR) is 80.8 cm³/mol. The van der Waals surface area contributed by atoms with Gasteiger partial charge >= 0.3 is 0 Å².